The minimum absolute atomic E-state index is 0.0174. The number of amides is 1. The first-order chi connectivity index (χ1) is 14.8. The van der Waals surface area contributed by atoms with Crippen molar-refractivity contribution in [2.45, 2.75) is 33.2 Å². The van der Waals surface area contributed by atoms with Crippen LogP contribution in [0.4, 0.5) is 4.39 Å². The molecule has 7 nitrogen and oxygen atoms in total. The molecule has 2 heterocycles. The van der Waals surface area contributed by atoms with Crippen molar-refractivity contribution in [2.24, 2.45) is 0 Å². The largest absolute Gasteiger partial charge is 0.352 e. The van der Waals surface area contributed by atoms with Crippen molar-refractivity contribution in [3.05, 3.63) is 91.5 Å². The Bertz CT molecular complexity index is 1270. The molecule has 0 unspecified atom stereocenters. The van der Waals surface area contributed by atoms with Crippen molar-refractivity contribution in [1.82, 2.24) is 19.2 Å². The molecular formula is C23H23FN4O3. The SMILES string of the molecule is Cc1cccc(Cn2c(=O)c(C(=O)N3CCCC3)nn(-c3ccc(C)c(F)c3)c2=O)c1. The van der Waals surface area contributed by atoms with Crippen molar-refractivity contribution >= 4 is 5.91 Å². The lowest BCUT2D eigenvalue weighted by molar-refractivity contribution is 0.0781. The molecule has 1 saturated heterocycles. The monoisotopic (exact) mass is 422 g/mol. The fraction of sp³-hybridized carbons (Fsp3) is 0.304. The summed E-state index contributed by atoms with van der Waals surface area (Å²) in [4.78, 5) is 40.9. The number of hydrogen-bond acceptors (Lipinski definition) is 4. The molecule has 0 spiro atoms. The Morgan fingerprint density at radius 2 is 1.81 bits per heavy atom. The molecule has 0 saturated carbocycles. The van der Waals surface area contributed by atoms with Crippen LogP contribution >= 0.6 is 0 Å². The molecule has 0 radical (unpaired) electrons. The molecule has 31 heavy (non-hydrogen) atoms. The summed E-state index contributed by atoms with van der Waals surface area (Å²) in [7, 11) is 0. The van der Waals surface area contributed by atoms with E-state index in [2.05, 4.69) is 5.10 Å². The normalized spacial score (nSPS) is 13.6. The fourth-order valence-corrected chi connectivity index (χ4v) is 3.73. The van der Waals surface area contributed by atoms with Gasteiger partial charge in [-0.3, -0.25) is 14.2 Å². The van der Waals surface area contributed by atoms with Crippen LogP contribution in [0.2, 0.25) is 0 Å². The third kappa shape index (κ3) is 4.05. The Hall–Kier alpha value is -3.55. The first-order valence-corrected chi connectivity index (χ1v) is 10.2. The smallest absolute Gasteiger partial charge is 0.337 e. The maximum atomic E-state index is 14.2. The summed E-state index contributed by atoms with van der Waals surface area (Å²) in [5.74, 6) is -1.02. The number of hydrogen-bond donors (Lipinski definition) is 0. The Morgan fingerprint density at radius 3 is 2.48 bits per heavy atom. The highest BCUT2D eigenvalue weighted by Gasteiger charge is 2.26. The molecule has 1 aromatic heterocycles. The summed E-state index contributed by atoms with van der Waals surface area (Å²) in [5, 5.41) is 4.09. The molecule has 0 N–H and O–H groups in total. The number of rotatable bonds is 4. The molecule has 4 rings (SSSR count). The third-order valence-corrected chi connectivity index (χ3v) is 5.48. The van der Waals surface area contributed by atoms with E-state index in [9.17, 15) is 18.8 Å². The van der Waals surface area contributed by atoms with Crippen molar-refractivity contribution in [2.75, 3.05) is 13.1 Å². The third-order valence-electron chi connectivity index (χ3n) is 5.48. The zero-order chi connectivity index (χ0) is 22.1. The van der Waals surface area contributed by atoms with Crippen molar-refractivity contribution < 1.29 is 9.18 Å². The molecule has 0 bridgehead atoms. The topological polar surface area (TPSA) is 77.2 Å². The van der Waals surface area contributed by atoms with E-state index in [1.807, 2.05) is 25.1 Å². The molecule has 1 aliphatic heterocycles. The van der Waals surface area contributed by atoms with Crippen LogP contribution in [-0.4, -0.2) is 38.2 Å². The maximum Gasteiger partial charge on any atom is 0.352 e. The second kappa shape index (κ2) is 8.29. The van der Waals surface area contributed by atoms with Gasteiger partial charge in [0.05, 0.1) is 12.2 Å². The number of aromatic nitrogens is 3. The van der Waals surface area contributed by atoms with Gasteiger partial charge in [-0.25, -0.2) is 9.18 Å². The number of halogens is 1. The maximum absolute atomic E-state index is 14.2. The average Bonchev–Trinajstić information content (AvgIpc) is 3.28. The van der Waals surface area contributed by atoms with Gasteiger partial charge in [-0.2, -0.15) is 9.78 Å². The van der Waals surface area contributed by atoms with E-state index in [1.54, 1.807) is 24.0 Å². The summed E-state index contributed by atoms with van der Waals surface area (Å²) in [6.45, 7) is 4.58. The molecule has 1 amide bonds. The van der Waals surface area contributed by atoms with Gasteiger partial charge in [-0.1, -0.05) is 35.9 Å². The predicted molar refractivity (Wildman–Crippen MR) is 114 cm³/mol. The summed E-state index contributed by atoms with van der Waals surface area (Å²) in [6.07, 6.45) is 1.71. The Morgan fingerprint density at radius 1 is 1.06 bits per heavy atom. The van der Waals surface area contributed by atoms with E-state index in [-0.39, 0.29) is 17.9 Å². The molecule has 0 aliphatic carbocycles. The van der Waals surface area contributed by atoms with Crippen LogP contribution in [-0.2, 0) is 6.54 Å². The van der Waals surface area contributed by atoms with E-state index >= 15 is 0 Å². The van der Waals surface area contributed by atoms with Crippen LogP contribution in [0.25, 0.3) is 5.69 Å². The van der Waals surface area contributed by atoms with Crippen LogP contribution in [0.15, 0.2) is 52.1 Å². The Kier molecular flexibility index (Phi) is 5.54. The summed E-state index contributed by atoms with van der Waals surface area (Å²) >= 11 is 0. The molecule has 0 atom stereocenters. The van der Waals surface area contributed by atoms with Gasteiger partial charge in [0, 0.05) is 19.2 Å². The van der Waals surface area contributed by atoms with E-state index < -0.39 is 23.0 Å². The van der Waals surface area contributed by atoms with Gasteiger partial charge in [0.2, 0.25) is 5.69 Å². The van der Waals surface area contributed by atoms with Crippen LogP contribution in [0, 0.1) is 19.7 Å². The standard InChI is InChI=1S/C23H23FN4O3/c1-15-6-5-7-17(12-15)14-27-22(30)20(21(29)26-10-3-4-11-26)25-28(23(27)31)18-9-8-16(2)19(24)13-18/h5-9,12-13H,3-4,10-11,14H2,1-2H3. The van der Waals surface area contributed by atoms with E-state index in [0.717, 1.165) is 33.2 Å². The minimum Gasteiger partial charge on any atom is -0.337 e. The molecule has 3 aromatic rings. The lowest BCUT2D eigenvalue weighted by Gasteiger charge is -2.17. The van der Waals surface area contributed by atoms with Gasteiger partial charge in [0.1, 0.15) is 5.82 Å². The highest BCUT2D eigenvalue weighted by Crippen LogP contribution is 2.13. The molecular weight excluding hydrogens is 399 g/mol. The van der Waals surface area contributed by atoms with Gasteiger partial charge < -0.3 is 4.90 Å². The van der Waals surface area contributed by atoms with Crippen LogP contribution in [0.1, 0.15) is 40.0 Å². The number of nitrogens with zero attached hydrogens (tertiary/aromatic N) is 4. The summed E-state index contributed by atoms with van der Waals surface area (Å²) < 4.78 is 16.1. The van der Waals surface area contributed by atoms with E-state index in [4.69, 9.17) is 0 Å². The van der Waals surface area contributed by atoms with E-state index in [0.29, 0.717) is 18.7 Å². The highest BCUT2D eigenvalue weighted by molar-refractivity contribution is 5.92. The zero-order valence-corrected chi connectivity index (χ0v) is 17.5. The van der Waals surface area contributed by atoms with Gasteiger partial charge >= 0.3 is 5.69 Å². The number of likely N-dealkylation sites (tertiary alicyclic amines) is 1. The molecule has 2 aromatic carbocycles. The molecule has 1 aliphatic rings. The Labute approximate surface area is 178 Å². The van der Waals surface area contributed by atoms with Crippen molar-refractivity contribution in [3.63, 3.8) is 0 Å². The first-order valence-electron chi connectivity index (χ1n) is 10.2. The lowest BCUT2D eigenvalue weighted by Crippen LogP contribution is -2.46. The van der Waals surface area contributed by atoms with Gasteiger partial charge in [-0.05, 0) is 43.9 Å². The van der Waals surface area contributed by atoms with Gasteiger partial charge in [0.15, 0.2) is 0 Å². The van der Waals surface area contributed by atoms with Crippen LogP contribution in [0.5, 0.6) is 0 Å². The Balaban J connectivity index is 1.90. The van der Waals surface area contributed by atoms with E-state index in [1.165, 1.54) is 12.1 Å². The summed E-state index contributed by atoms with van der Waals surface area (Å²) in [5.41, 5.74) is 0.482. The second-order valence-electron chi connectivity index (χ2n) is 7.86. The quantitative estimate of drug-likeness (QED) is 0.647. The first kappa shape index (κ1) is 20.7. The van der Waals surface area contributed by atoms with Gasteiger partial charge in [-0.15, -0.1) is 0 Å². The van der Waals surface area contributed by atoms with Crippen molar-refractivity contribution in [3.8, 4) is 5.69 Å². The minimum atomic E-state index is -0.743. The lowest BCUT2D eigenvalue weighted by atomic mass is 10.1. The number of carbonyl (C=O) groups is 1. The molecule has 160 valence electrons. The van der Waals surface area contributed by atoms with Crippen LogP contribution < -0.4 is 11.2 Å². The van der Waals surface area contributed by atoms with Crippen molar-refractivity contribution in [1.29, 1.82) is 0 Å². The predicted octanol–water partition coefficient (Wildman–Crippen LogP) is 2.43. The molecule has 1 fully saturated rings. The second-order valence-corrected chi connectivity index (χ2v) is 7.86. The molecule has 8 heteroatoms. The summed E-state index contributed by atoms with van der Waals surface area (Å²) in [6, 6.07) is 11.7. The number of benzene rings is 2. The number of carbonyl (C=O) groups excluding carboxylic acids is 1. The number of aryl methyl sites for hydroxylation is 2. The fourth-order valence-electron chi connectivity index (χ4n) is 3.73. The zero-order valence-electron chi connectivity index (χ0n) is 17.5. The van der Waals surface area contributed by atoms with Gasteiger partial charge in [0.25, 0.3) is 11.5 Å². The average molecular weight is 422 g/mol. The van der Waals surface area contributed by atoms with Crippen LogP contribution in [0.3, 0.4) is 0 Å². The highest BCUT2D eigenvalue weighted by atomic mass is 19.1.